The molecule has 2 amide bonds. The number of carbonyl (C=O) groups is 2. The van der Waals surface area contributed by atoms with E-state index in [9.17, 15) is 9.59 Å². The number of nitrogens with one attached hydrogen (secondary N) is 2. The molecule has 1 aliphatic heterocycles. The van der Waals surface area contributed by atoms with Gasteiger partial charge in [-0.25, -0.2) is 4.98 Å². The highest BCUT2D eigenvalue weighted by atomic mass is 16.2. The van der Waals surface area contributed by atoms with Crippen molar-refractivity contribution >= 4 is 34.2 Å². The Hall–Kier alpha value is -3.46. The normalized spacial score (nSPS) is 18.6. The summed E-state index contributed by atoms with van der Waals surface area (Å²) in [4.78, 5) is 34.3. The van der Waals surface area contributed by atoms with Crippen molar-refractivity contribution in [2.45, 2.75) is 32.2 Å². The van der Waals surface area contributed by atoms with Gasteiger partial charge in [-0.2, -0.15) is 5.10 Å². The molecule has 0 spiro atoms. The van der Waals surface area contributed by atoms with Gasteiger partial charge in [-0.15, -0.1) is 0 Å². The minimum Gasteiger partial charge on any atom is -0.383 e. The van der Waals surface area contributed by atoms with Crippen molar-refractivity contribution in [3.8, 4) is 0 Å². The lowest BCUT2D eigenvalue weighted by Crippen LogP contribution is -2.46. The van der Waals surface area contributed by atoms with E-state index in [0.29, 0.717) is 34.9 Å². The summed E-state index contributed by atoms with van der Waals surface area (Å²) >= 11 is 0. The Morgan fingerprint density at radius 1 is 1.27 bits per heavy atom. The minimum atomic E-state index is -0.694. The maximum atomic E-state index is 13.3. The van der Waals surface area contributed by atoms with E-state index in [1.807, 2.05) is 6.07 Å². The van der Waals surface area contributed by atoms with Gasteiger partial charge in [0.15, 0.2) is 0 Å². The van der Waals surface area contributed by atoms with Crippen LogP contribution in [0.15, 0.2) is 36.7 Å². The van der Waals surface area contributed by atoms with Gasteiger partial charge in [-0.05, 0) is 50.4 Å². The fraction of sp³-hybridized carbons (Fsp3) is 0.417. The highest BCUT2D eigenvalue weighted by Gasteiger charge is 2.34. The van der Waals surface area contributed by atoms with Crippen molar-refractivity contribution in [3.63, 3.8) is 0 Å². The lowest BCUT2D eigenvalue weighted by atomic mass is 9.89. The molecule has 1 aromatic carbocycles. The fourth-order valence-corrected chi connectivity index (χ4v) is 4.39. The van der Waals surface area contributed by atoms with Crippen LogP contribution in [0.1, 0.15) is 36.9 Å². The maximum absolute atomic E-state index is 13.3. The summed E-state index contributed by atoms with van der Waals surface area (Å²) in [6.45, 7) is 3.60. The van der Waals surface area contributed by atoms with E-state index in [1.165, 1.54) is 11.8 Å². The van der Waals surface area contributed by atoms with Gasteiger partial charge in [-0.1, -0.05) is 31.2 Å². The quantitative estimate of drug-likeness (QED) is 0.515. The number of aromatic amines is 1. The molecule has 2 atom stereocenters. The van der Waals surface area contributed by atoms with Crippen LogP contribution < -0.4 is 11.1 Å². The summed E-state index contributed by atoms with van der Waals surface area (Å²) < 4.78 is 0. The first-order chi connectivity index (χ1) is 15.8. The number of anilines is 2. The van der Waals surface area contributed by atoms with E-state index < -0.39 is 11.8 Å². The first-order valence-electron chi connectivity index (χ1n) is 11.3. The number of likely N-dealkylation sites (N-methyl/N-ethyl adjacent to an activating group) is 1. The summed E-state index contributed by atoms with van der Waals surface area (Å²) in [5.74, 6) is -0.607. The van der Waals surface area contributed by atoms with Crippen LogP contribution in [0, 0.1) is 5.92 Å². The van der Waals surface area contributed by atoms with E-state index in [0.717, 1.165) is 31.4 Å². The highest BCUT2D eigenvalue weighted by molar-refractivity contribution is 6.40. The second kappa shape index (κ2) is 9.58. The molecule has 0 bridgehead atoms. The molecule has 1 aliphatic rings. The van der Waals surface area contributed by atoms with Crippen LogP contribution in [0.5, 0.6) is 0 Å². The molecule has 2 aromatic heterocycles. The standard InChI is InChI=1S/C24H31N7O2/c1-15-7-8-20(17-6-4-5-16(11-17)9-10-30(2)3)31(14-15)24(33)23(32)28-19-13-26-22(25)18-12-27-29-21(18)19/h4-6,11-13,15,20H,7-10,14H2,1-3H3,(H2,25,26)(H,27,29)(H,28,32). The number of aromatic nitrogens is 3. The molecule has 9 nitrogen and oxygen atoms in total. The number of hydrogen-bond acceptors (Lipinski definition) is 6. The van der Waals surface area contributed by atoms with Crippen LogP contribution >= 0.6 is 0 Å². The van der Waals surface area contributed by atoms with Crippen molar-refractivity contribution in [1.82, 2.24) is 25.0 Å². The van der Waals surface area contributed by atoms with Crippen LogP contribution in [0.4, 0.5) is 11.5 Å². The zero-order valence-corrected chi connectivity index (χ0v) is 19.3. The number of likely N-dealkylation sites (tertiary alicyclic amines) is 1. The first-order valence-corrected chi connectivity index (χ1v) is 11.3. The SMILES string of the molecule is CC1CCC(c2cccc(CCN(C)C)c2)N(C(=O)C(=O)Nc2cnc(N)c3cn[nH]c23)C1. The third kappa shape index (κ3) is 4.98. The molecule has 4 rings (SSSR count). The number of nitrogen functional groups attached to an aromatic ring is 1. The third-order valence-electron chi connectivity index (χ3n) is 6.22. The van der Waals surface area contributed by atoms with Crippen molar-refractivity contribution in [2.75, 3.05) is 38.2 Å². The smallest absolute Gasteiger partial charge is 0.314 e. The molecule has 4 N–H and O–H groups in total. The molecule has 0 aliphatic carbocycles. The van der Waals surface area contributed by atoms with Gasteiger partial charge in [0.1, 0.15) is 5.82 Å². The Morgan fingerprint density at radius 2 is 2.09 bits per heavy atom. The topological polar surface area (TPSA) is 120 Å². The lowest BCUT2D eigenvalue weighted by Gasteiger charge is -2.38. The number of nitrogens with zero attached hydrogens (tertiary/aromatic N) is 4. The van der Waals surface area contributed by atoms with Gasteiger partial charge >= 0.3 is 11.8 Å². The molecule has 3 heterocycles. The molecule has 2 unspecified atom stereocenters. The first kappa shape index (κ1) is 22.7. The molecule has 0 saturated carbocycles. The highest BCUT2D eigenvalue weighted by Crippen LogP contribution is 2.34. The molecule has 3 aromatic rings. The largest absolute Gasteiger partial charge is 0.383 e. The molecular formula is C24H31N7O2. The number of amides is 2. The summed E-state index contributed by atoms with van der Waals surface area (Å²) in [7, 11) is 4.11. The van der Waals surface area contributed by atoms with Gasteiger partial charge in [0, 0.05) is 13.1 Å². The molecular weight excluding hydrogens is 418 g/mol. The van der Waals surface area contributed by atoms with Crippen LogP contribution in [0.2, 0.25) is 0 Å². The van der Waals surface area contributed by atoms with E-state index in [-0.39, 0.29) is 6.04 Å². The number of benzene rings is 1. The number of fused-ring (bicyclic) bond motifs is 1. The van der Waals surface area contributed by atoms with Gasteiger partial charge in [0.2, 0.25) is 0 Å². The van der Waals surface area contributed by atoms with Gasteiger partial charge in [0.05, 0.1) is 35.0 Å². The van der Waals surface area contributed by atoms with Crippen LogP contribution in [0.25, 0.3) is 10.9 Å². The number of rotatable bonds is 5. The second-order valence-electron chi connectivity index (χ2n) is 9.12. The molecule has 1 fully saturated rings. The molecule has 174 valence electrons. The van der Waals surface area contributed by atoms with Crippen molar-refractivity contribution in [3.05, 3.63) is 47.8 Å². The van der Waals surface area contributed by atoms with E-state index >= 15 is 0 Å². The minimum absolute atomic E-state index is 0.129. The number of pyridine rings is 1. The Balaban J connectivity index is 1.55. The molecule has 33 heavy (non-hydrogen) atoms. The van der Waals surface area contributed by atoms with Gasteiger partial charge < -0.3 is 20.9 Å². The average molecular weight is 450 g/mol. The molecule has 9 heteroatoms. The average Bonchev–Trinajstić information content (AvgIpc) is 3.30. The lowest BCUT2D eigenvalue weighted by molar-refractivity contribution is -0.146. The van der Waals surface area contributed by atoms with E-state index in [4.69, 9.17) is 5.73 Å². The van der Waals surface area contributed by atoms with Gasteiger partial charge in [-0.3, -0.25) is 14.7 Å². The van der Waals surface area contributed by atoms with E-state index in [2.05, 4.69) is 64.6 Å². The van der Waals surface area contributed by atoms with Crippen molar-refractivity contribution in [1.29, 1.82) is 0 Å². The van der Waals surface area contributed by atoms with Crippen LogP contribution in [0.3, 0.4) is 0 Å². The monoisotopic (exact) mass is 449 g/mol. The Labute approximate surface area is 193 Å². The molecule has 1 saturated heterocycles. The summed E-state index contributed by atoms with van der Waals surface area (Å²) in [5.41, 5.74) is 9.08. The number of hydrogen-bond donors (Lipinski definition) is 3. The van der Waals surface area contributed by atoms with Crippen molar-refractivity contribution < 1.29 is 9.59 Å². The Kier molecular flexibility index (Phi) is 6.60. The number of H-pyrrole nitrogens is 1. The second-order valence-corrected chi connectivity index (χ2v) is 9.12. The van der Waals surface area contributed by atoms with Gasteiger partial charge in [0.25, 0.3) is 0 Å². The fourth-order valence-electron chi connectivity index (χ4n) is 4.39. The molecule has 0 radical (unpaired) electrons. The number of piperidine rings is 1. The van der Waals surface area contributed by atoms with Crippen molar-refractivity contribution in [2.24, 2.45) is 5.92 Å². The maximum Gasteiger partial charge on any atom is 0.314 e. The van der Waals surface area contributed by atoms with Crippen LogP contribution in [-0.2, 0) is 16.0 Å². The third-order valence-corrected chi connectivity index (χ3v) is 6.22. The summed E-state index contributed by atoms with van der Waals surface area (Å²) in [5, 5.41) is 10.1. The number of nitrogens with two attached hydrogens (primary N) is 1. The predicted molar refractivity (Wildman–Crippen MR) is 128 cm³/mol. The summed E-state index contributed by atoms with van der Waals surface area (Å²) in [6, 6.07) is 8.24. The number of carbonyl (C=O) groups excluding carboxylic acids is 2. The zero-order valence-electron chi connectivity index (χ0n) is 19.3. The Morgan fingerprint density at radius 3 is 2.88 bits per heavy atom. The predicted octanol–water partition coefficient (Wildman–Crippen LogP) is 2.58. The van der Waals surface area contributed by atoms with E-state index in [1.54, 1.807) is 11.1 Å². The Bertz CT molecular complexity index is 1160. The zero-order chi connectivity index (χ0) is 23.5. The van der Waals surface area contributed by atoms with Crippen LogP contribution in [-0.4, -0.2) is 64.0 Å². The summed E-state index contributed by atoms with van der Waals surface area (Å²) in [6.07, 6.45) is 5.75.